The van der Waals surface area contributed by atoms with E-state index in [2.05, 4.69) is 5.32 Å². The summed E-state index contributed by atoms with van der Waals surface area (Å²) in [6.45, 7) is 4.85. The molecule has 1 aromatic rings. The van der Waals surface area contributed by atoms with Crippen molar-refractivity contribution in [3.8, 4) is 5.75 Å². The Bertz CT molecular complexity index is 405. The van der Waals surface area contributed by atoms with Crippen molar-refractivity contribution in [1.82, 2.24) is 5.32 Å². The summed E-state index contributed by atoms with van der Waals surface area (Å²) in [6.07, 6.45) is 0.544. The van der Waals surface area contributed by atoms with E-state index in [4.69, 9.17) is 16.3 Å². The van der Waals surface area contributed by atoms with Gasteiger partial charge in [-0.15, -0.1) is 0 Å². The Morgan fingerprint density at radius 2 is 2.18 bits per heavy atom. The molecule has 0 amide bonds. The normalized spacial score (nSPS) is 10.4. The number of nitrogens with one attached hydrogen (secondary N) is 1. The first-order valence-electron chi connectivity index (χ1n) is 5.57. The number of hydrogen-bond donors (Lipinski definition) is 1. The van der Waals surface area contributed by atoms with Crippen LogP contribution in [0.25, 0.3) is 0 Å². The highest BCUT2D eigenvalue weighted by atomic mass is 35.5. The van der Waals surface area contributed by atoms with Crippen molar-refractivity contribution in [1.29, 1.82) is 0 Å². The second-order valence-electron chi connectivity index (χ2n) is 4.04. The first-order valence-corrected chi connectivity index (χ1v) is 5.95. The Labute approximate surface area is 107 Å². The van der Waals surface area contributed by atoms with Gasteiger partial charge in [-0.05, 0) is 31.5 Å². The molecule has 4 heteroatoms. The number of ether oxygens (including phenoxy) is 1. The summed E-state index contributed by atoms with van der Waals surface area (Å²) in [6, 6.07) is 3.82. The molecule has 0 radical (unpaired) electrons. The maximum Gasteiger partial charge on any atom is 0.131 e. The summed E-state index contributed by atoms with van der Waals surface area (Å²) in [5.74, 6) is 1.01. The molecule has 0 aliphatic heterocycles. The highest BCUT2D eigenvalue weighted by Crippen LogP contribution is 2.26. The summed E-state index contributed by atoms with van der Waals surface area (Å²) < 4.78 is 5.29. The zero-order valence-electron chi connectivity index (χ0n) is 10.5. The lowest BCUT2D eigenvalue weighted by Crippen LogP contribution is -2.17. The molecule has 0 saturated carbocycles. The molecule has 0 aromatic heterocycles. The van der Waals surface area contributed by atoms with Crippen molar-refractivity contribution in [2.75, 3.05) is 13.7 Å². The van der Waals surface area contributed by atoms with Crippen LogP contribution in [0.5, 0.6) is 5.75 Å². The van der Waals surface area contributed by atoms with Crippen LogP contribution in [0.4, 0.5) is 0 Å². The number of Topliss-reactive ketones (excluding diaryl/α,β-unsaturated/α-hetero) is 1. The van der Waals surface area contributed by atoms with Gasteiger partial charge in [0, 0.05) is 30.1 Å². The maximum absolute atomic E-state index is 10.8. The Balaban J connectivity index is 2.63. The Kier molecular flexibility index (Phi) is 5.45. The van der Waals surface area contributed by atoms with Gasteiger partial charge >= 0.3 is 0 Å². The van der Waals surface area contributed by atoms with Crippen molar-refractivity contribution in [3.05, 3.63) is 28.3 Å². The standard InChI is InChI=1S/C13H18ClNO2/c1-9-6-13(17-3)11(7-12(9)14)8-15-5-4-10(2)16/h6-7,15H,4-5,8H2,1-3H3. The zero-order valence-corrected chi connectivity index (χ0v) is 11.2. The van der Waals surface area contributed by atoms with Gasteiger partial charge in [0.15, 0.2) is 0 Å². The van der Waals surface area contributed by atoms with E-state index in [-0.39, 0.29) is 5.78 Å². The van der Waals surface area contributed by atoms with E-state index in [0.717, 1.165) is 21.9 Å². The second-order valence-corrected chi connectivity index (χ2v) is 4.45. The van der Waals surface area contributed by atoms with E-state index in [0.29, 0.717) is 19.5 Å². The molecule has 0 fully saturated rings. The van der Waals surface area contributed by atoms with E-state index in [1.807, 2.05) is 19.1 Å². The molecular weight excluding hydrogens is 238 g/mol. The minimum Gasteiger partial charge on any atom is -0.496 e. The first kappa shape index (κ1) is 14.0. The topological polar surface area (TPSA) is 38.3 Å². The maximum atomic E-state index is 10.8. The van der Waals surface area contributed by atoms with Gasteiger partial charge in [0.25, 0.3) is 0 Å². The third-order valence-corrected chi connectivity index (χ3v) is 2.94. The van der Waals surface area contributed by atoms with Crippen LogP contribution in [-0.4, -0.2) is 19.4 Å². The van der Waals surface area contributed by atoms with Gasteiger partial charge in [0.1, 0.15) is 11.5 Å². The summed E-state index contributed by atoms with van der Waals surface area (Å²) in [5, 5.41) is 3.93. The summed E-state index contributed by atoms with van der Waals surface area (Å²) in [7, 11) is 1.64. The average Bonchev–Trinajstić information content (AvgIpc) is 2.28. The van der Waals surface area contributed by atoms with Crippen molar-refractivity contribution in [2.45, 2.75) is 26.8 Å². The Morgan fingerprint density at radius 1 is 1.47 bits per heavy atom. The van der Waals surface area contributed by atoms with Crippen molar-refractivity contribution < 1.29 is 9.53 Å². The number of hydrogen-bond acceptors (Lipinski definition) is 3. The van der Waals surface area contributed by atoms with Gasteiger partial charge in [0.2, 0.25) is 0 Å². The lowest BCUT2D eigenvalue weighted by molar-refractivity contribution is -0.116. The fourth-order valence-electron chi connectivity index (χ4n) is 1.51. The van der Waals surface area contributed by atoms with Gasteiger partial charge in [-0.25, -0.2) is 0 Å². The van der Waals surface area contributed by atoms with Crippen LogP contribution in [0, 0.1) is 6.92 Å². The molecular formula is C13H18ClNO2. The van der Waals surface area contributed by atoms with Crippen molar-refractivity contribution in [3.63, 3.8) is 0 Å². The number of aryl methyl sites for hydroxylation is 1. The zero-order chi connectivity index (χ0) is 12.8. The number of carbonyl (C=O) groups is 1. The quantitative estimate of drug-likeness (QED) is 0.795. The minimum absolute atomic E-state index is 0.186. The van der Waals surface area contributed by atoms with E-state index >= 15 is 0 Å². The molecule has 3 nitrogen and oxygen atoms in total. The number of carbonyl (C=O) groups excluding carboxylic acids is 1. The molecule has 0 heterocycles. The van der Waals surface area contributed by atoms with Crippen LogP contribution >= 0.6 is 11.6 Å². The number of rotatable bonds is 6. The molecule has 0 spiro atoms. The second kappa shape index (κ2) is 6.62. The fraction of sp³-hybridized carbons (Fsp3) is 0.462. The molecule has 17 heavy (non-hydrogen) atoms. The van der Waals surface area contributed by atoms with Crippen LogP contribution in [-0.2, 0) is 11.3 Å². The monoisotopic (exact) mass is 255 g/mol. The van der Waals surface area contributed by atoms with E-state index in [1.54, 1.807) is 14.0 Å². The van der Waals surface area contributed by atoms with Crippen LogP contribution in [0.15, 0.2) is 12.1 Å². The molecule has 0 saturated heterocycles. The predicted octanol–water partition coefficient (Wildman–Crippen LogP) is 2.73. The Hall–Kier alpha value is -1.06. The molecule has 94 valence electrons. The lowest BCUT2D eigenvalue weighted by Gasteiger charge is -2.11. The smallest absolute Gasteiger partial charge is 0.131 e. The van der Waals surface area contributed by atoms with Crippen LogP contribution < -0.4 is 10.1 Å². The van der Waals surface area contributed by atoms with Gasteiger partial charge < -0.3 is 10.1 Å². The lowest BCUT2D eigenvalue weighted by atomic mass is 10.1. The molecule has 1 N–H and O–H groups in total. The number of halogens is 1. The number of methoxy groups -OCH3 is 1. The van der Waals surface area contributed by atoms with Crippen molar-refractivity contribution >= 4 is 17.4 Å². The SMILES string of the molecule is COc1cc(C)c(Cl)cc1CNCCC(C)=O. The Morgan fingerprint density at radius 3 is 2.76 bits per heavy atom. The highest BCUT2D eigenvalue weighted by molar-refractivity contribution is 6.31. The highest BCUT2D eigenvalue weighted by Gasteiger charge is 2.06. The summed E-state index contributed by atoms with van der Waals surface area (Å²) in [4.78, 5) is 10.8. The van der Waals surface area contributed by atoms with Gasteiger partial charge in [-0.1, -0.05) is 11.6 Å². The van der Waals surface area contributed by atoms with E-state index in [9.17, 15) is 4.79 Å². The molecule has 0 aliphatic carbocycles. The van der Waals surface area contributed by atoms with Gasteiger partial charge in [0.05, 0.1) is 7.11 Å². The van der Waals surface area contributed by atoms with Crippen molar-refractivity contribution in [2.24, 2.45) is 0 Å². The minimum atomic E-state index is 0.186. The largest absolute Gasteiger partial charge is 0.496 e. The third kappa shape index (κ3) is 4.36. The molecule has 0 aliphatic rings. The molecule has 0 atom stereocenters. The summed E-state index contributed by atoms with van der Waals surface area (Å²) in [5.41, 5.74) is 2.00. The van der Waals surface area contributed by atoms with Crippen LogP contribution in [0.3, 0.4) is 0 Å². The van der Waals surface area contributed by atoms with E-state index in [1.165, 1.54) is 0 Å². The van der Waals surface area contributed by atoms with Crippen LogP contribution in [0.2, 0.25) is 5.02 Å². The molecule has 1 aromatic carbocycles. The third-order valence-electron chi connectivity index (χ3n) is 2.53. The predicted molar refractivity (Wildman–Crippen MR) is 69.7 cm³/mol. The molecule has 1 rings (SSSR count). The average molecular weight is 256 g/mol. The van der Waals surface area contributed by atoms with Gasteiger partial charge in [-0.3, -0.25) is 4.79 Å². The molecule has 0 bridgehead atoms. The number of ketones is 1. The number of benzene rings is 1. The molecule has 0 unspecified atom stereocenters. The summed E-state index contributed by atoms with van der Waals surface area (Å²) >= 11 is 6.07. The van der Waals surface area contributed by atoms with Gasteiger partial charge in [-0.2, -0.15) is 0 Å². The van der Waals surface area contributed by atoms with E-state index < -0.39 is 0 Å². The van der Waals surface area contributed by atoms with Crippen LogP contribution in [0.1, 0.15) is 24.5 Å². The first-order chi connectivity index (χ1) is 8.04. The fourth-order valence-corrected chi connectivity index (χ4v) is 1.70.